The molecule has 94 valence electrons. The van der Waals surface area contributed by atoms with Gasteiger partial charge in [0.2, 0.25) is 0 Å². The van der Waals surface area contributed by atoms with Gasteiger partial charge in [-0.2, -0.15) is 5.10 Å². The molecule has 0 aliphatic heterocycles. The van der Waals surface area contributed by atoms with E-state index in [2.05, 4.69) is 5.10 Å². The van der Waals surface area contributed by atoms with Crippen molar-refractivity contribution in [3.8, 4) is 5.75 Å². The van der Waals surface area contributed by atoms with Crippen LogP contribution in [0, 0.1) is 6.92 Å². The first-order valence-electron chi connectivity index (χ1n) is 5.41. The molecule has 1 heterocycles. The van der Waals surface area contributed by atoms with Crippen LogP contribution in [0.25, 0.3) is 0 Å². The molecule has 2 rings (SSSR count). The molecule has 0 saturated carbocycles. The number of ketones is 1. The van der Waals surface area contributed by atoms with E-state index >= 15 is 0 Å². The van der Waals surface area contributed by atoms with E-state index in [1.165, 1.54) is 7.11 Å². The number of hydrogen-bond acceptors (Lipinski definition) is 3. The fourth-order valence-electron chi connectivity index (χ4n) is 1.78. The van der Waals surface area contributed by atoms with Crippen LogP contribution < -0.4 is 4.74 Å². The first kappa shape index (κ1) is 12.6. The van der Waals surface area contributed by atoms with Crippen molar-refractivity contribution in [1.82, 2.24) is 9.78 Å². The Morgan fingerprint density at radius 3 is 2.72 bits per heavy atom. The van der Waals surface area contributed by atoms with E-state index in [0.29, 0.717) is 27.6 Å². The first-order valence-corrected chi connectivity index (χ1v) is 5.79. The van der Waals surface area contributed by atoms with Crippen molar-refractivity contribution in [3.63, 3.8) is 0 Å². The lowest BCUT2D eigenvalue weighted by molar-refractivity contribution is 0.103. The van der Waals surface area contributed by atoms with Gasteiger partial charge in [0.05, 0.1) is 23.4 Å². The maximum atomic E-state index is 12.3. The average Bonchev–Trinajstić information content (AvgIpc) is 2.68. The number of carbonyl (C=O) groups excluding carboxylic acids is 1. The molecule has 0 aliphatic carbocycles. The SMILES string of the molecule is COc1cc(C(=O)c2cn(C)nc2C)ccc1Cl. The quantitative estimate of drug-likeness (QED) is 0.801. The van der Waals surface area contributed by atoms with E-state index in [9.17, 15) is 4.79 Å². The van der Waals surface area contributed by atoms with Gasteiger partial charge in [-0.1, -0.05) is 11.6 Å². The minimum atomic E-state index is -0.0874. The molecule has 4 nitrogen and oxygen atoms in total. The molecular weight excluding hydrogens is 252 g/mol. The normalized spacial score (nSPS) is 10.4. The molecule has 0 saturated heterocycles. The molecule has 0 amide bonds. The zero-order chi connectivity index (χ0) is 13.3. The Morgan fingerprint density at radius 1 is 1.44 bits per heavy atom. The van der Waals surface area contributed by atoms with Crippen LogP contribution in [0.3, 0.4) is 0 Å². The number of methoxy groups -OCH3 is 1. The van der Waals surface area contributed by atoms with Gasteiger partial charge >= 0.3 is 0 Å². The van der Waals surface area contributed by atoms with Crippen LogP contribution in [0.1, 0.15) is 21.6 Å². The van der Waals surface area contributed by atoms with Crippen molar-refractivity contribution in [1.29, 1.82) is 0 Å². The number of aryl methyl sites for hydroxylation is 2. The van der Waals surface area contributed by atoms with Gasteiger partial charge in [0.1, 0.15) is 5.75 Å². The number of ether oxygens (including phenoxy) is 1. The highest BCUT2D eigenvalue weighted by Gasteiger charge is 2.16. The number of rotatable bonds is 3. The zero-order valence-electron chi connectivity index (χ0n) is 10.4. The molecule has 18 heavy (non-hydrogen) atoms. The minimum Gasteiger partial charge on any atom is -0.495 e. The van der Waals surface area contributed by atoms with Gasteiger partial charge in [0.25, 0.3) is 0 Å². The van der Waals surface area contributed by atoms with Gasteiger partial charge in [-0.15, -0.1) is 0 Å². The molecule has 0 N–H and O–H groups in total. The smallest absolute Gasteiger partial charge is 0.196 e. The third-order valence-electron chi connectivity index (χ3n) is 2.67. The molecular formula is C13H13ClN2O2. The summed E-state index contributed by atoms with van der Waals surface area (Å²) >= 11 is 5.93. The molecule has 0 unspecified atom stereocenters. The predicted octanol–water partition coefficient (Wildman–Crippen LogP) is 2.62. The molecule has 2 aromatic rings. The van der Waals surface area contributed by atoms with Gasteiger partial charge in [-0.3, -0.25) is 9.48 Å². The summed E-state index contributed by atoms with van der Waals surface area (Å²) in [6, 6.07) is 4.97. The van der Waals surface area contributed by atoms with Gasteiger partial charge in [0, 0.05) is 18.8 Å². The Morgan fingerprint density at radius 2 is 2.17 bits per heavy atom. The fourth-order valence-corrected chi connectivity index (χ4v) is 1.97. The second-order valence-electron chi connectivity index (χ2n) is 3.98. The summed E-state index contributed by atoms with van der Waals surface area (Å²) in [7, 11) is 3.30. The highest BCUT2D eigenvalue weighted by atomic mass is 35.5. The monoisotopic (exact) mass is 264 g/mol. The van der Waals surface area contributed by atoms with Crippen molar-refractivity contribution in [2.75, 3.05) is 7.11 Å². The van der Waals surface area contributed by atoms with Crippen molar-refractivity contribution < 1.29 is 9.53 Å². The van der Waals surface area contributed by atoms with Gasteiger partial charge in [-0.05, 0) is 25.1 Å². The first-order chi connectivity index (χ1) is 8.52. The maximum absolute atomic E-state index is 12.3. The molecule has 5 heteroatoms. The zero-order valence-corrected chi connectivity index (χ0v) is 11.2. The van der Waals surface area contributed by atoms with Crippen molar-refractivity contribution in [2.45, 2.75) is 6.92 Å². The maximum Gasteiger partial charge on any atom is 0.196 e. The van der Waals surface area contributed by atoms with Crippen molar-refractivity contribution in [2.24, 2.45) is 7.05 Å². The Bertz CT molecular complexity index is 605. The van der Waals surface area contributed by atoms with E-state index in [4.69, 9.17) is 16.3 Å². The number of nitrogens with zero attached hydrogens (tertiary/aromatic N) is 2. The number of hydrogen-bond donors (Lipinski definition) is 0. The molecule has 1 aromatic heterocycles. The van der Waals surface area contributed by atoms with Gasteiger partial charge in [-0.25, -0.2) is 0 Å². The lowest BCUT2D eigenvalue weighted by Crippen LogP contribution is -2.02. The summed E-state index contributed by atoms with van der Waals surface area (Å²) in [6.45, 7) is 1.81. The molecule has 0 fully saturated rings. The number of halogens is 1. The standard InChI is InChI=1S/C13H13ClN2O2/c1-8-10(7-16(2)15-8)13(17)9-4-5-11(14)12(6-9)18-3/h4-7H,1-3H3. The van der Waals surface area contributed by atoms with Crippen LogP contribution in [0.15, 0.2) is 24.4 Å². The molecule has 0 bridgehead atoms. The summed E-state index contributed by atoms with van der Waals surface area (Å²) in [6.07, 6.45) is 1.71. The second kappa shape index (κ2) is 4.82. The second-order valence-corrected chi connectivity index (χ2v) is 4.39. The van der Waals surface area contributed by atoms with Crippen LogP contribution in [-0.2, 0) is 7.05 Å². The molecule has 0 aliphatic rings. The average molecular weight is 265 g/mol. The van der Waals surface area contributed by atoms with Crippen molar-refractivity contribution in [3.05, 3.63) is 46.2 Å². The summed E-state index contributed by atoms with van der Waals surface area (Å²) in [5.41, 5.74) is 1.82. The summed E-state index contributed by atoms with van der Waals surface area (Å²) in [5.74, 6) is 0.402. The van der Waals surface area contributed by atoms with Crippen LogP contribution in [0.2, 0.25) is 5.02 Å². The van der Waals surface area contributed by atoms with Gasteiger partial charge in [0.15, 0.2) is 5.78 Å². The summed E-state index contributed by atoms with van der Waals surface area (Å²) < 4.78 is 6.72. The topological polar surface area (TPSA) is 44.1 Å². The van der Waals surface area contributed by atoms with Crippen LogP contribution in [-0.4, -0.2) is 22.7 Å². The van der Waals surface area contributed by atoms with Crippen molar-refractivity contribution >= 4 is 17.4 Å². The molecule has 0 spiro atoms. The van der Waals surface area contributed by atoms with E-state index in [1.807, 2.05) is 0 Å². The Hall–Kier alpha value is -1.81. The fraction of sp³-hybridized carbons (Fsp3) is 0.231. The minimum absolute atomic E-state index is 0.0874. The van der Waals surface area contributed by atoms with E-state index in [1.54, 1.807) is 43.0 Å². The third kappa shape index (κ3) is 2.24. The third-order valence-corrected chi connectivity index (χ3v) is 2.98. The van der Waals surface area contributed by atoms with Crippen LogP contribution in [0.5, 0.6) is 5.75 Å². The Kier molecular flexibility index (Phi) is 3.39. The highest BCUT2D eigenvalue weighted by Crippen LogP contribution is 2.26. The lowest BCUT2D eigenvalue weighted by atomic mass is 10.0. The number of aromatic nitrogens is 2. The predicted molar refractivity (Wildman–Crippen MR) is 69.4 cm³/mol. The van der Waals surface area contributed by atoms with Gasteiger partial charge < -0.3 is 4.74 Å². The van der Waals surface area contributed by atoms with E-state index < -0.39 is 0 Å². The molecule has 0 atom stereocenters. The van der Waals surface area contributed by atoms with Crippen LogP contribution >= 0.6 is 11.6 Å². The lowest BCUT2D eigenvalue weighted by Gasteiger charge is -2.05. The summed E-state index contributed by atoms with van der Waals surface area (Å²) in [5, 5.41) is 4.64. The molecule has 0 radical (unpaired) electrons. The molecule has 1 aromatic carbocycles. The summed E-state index contributed by atoms with van der Waals surface area (Å²) in [4.78, 5) is 12.3. The van der Waals surface area contributed by atoms with Crippen LogP contribution in [0.4, 0.5) is 0 Å². The number of benzene rings is 1. The largest absolute Gasteiger partial charge is 0.495 e. The Labute approximate surface area is 110 Å². The highest BCUT2D eigenvalue weighted by molar-refractivity contribution is 6.32. The van der Waals surface area contributed by atoms with E-state index in [0.717, 1.165) is 0 Å². The number of carbonyl (C=O) groups is 1. The van der Waals surface area contributed by atoms with E-state index in [-0.39, 0.29) is 5.78 Å². The Balaban J connectivity index is 2.43.